The maximum Gasteiger partial charge on any atom is 0.198 e. The van der Waals surface area contributed by atoms with Crippen LogP contribution in [0.3, 0.4) is 0 Å². The smallest absolute Gasteiger partial charge is 0.198 e. The maximum atomic E-state index is 12.5. The van der Waals surface area contributed by atoms with Gasteiger partial charge in [-0.05, 0) is 17.5 Å². The van der Waals surface area contributed by atoms with E-state index < -0.39 is 0 Å². The summed E-state index contributed by atoms with van der Waals surface area (Å²) >= 11 is 0. The molecule has 98 valence electrons. The molecule has 1 heterocycles. The molecule has 20 heavy (non-hydrogen) atoms. The molecule has 0 saturated heterocycles. The second-order valence-corrected chi connectivity index (χ2v) is 5.59. The van der Waals surface area contributed by atoms with Gasteiger partial charge >= 0.3 is 0 Å². The number of hydrogen-bond acceptors (Lipinski definition) is 2. The topological polar surface area (TPSA) is 26.3 Å². The first-order chi connectivity index (χ1) is 9.66. The van der Waals surface area contributed by atoms with Gasteiger partial charge in [0, 0.05) is 16.7 Å². The first-order valence-electron chi connectivity index (χ1n) is 6.87. The van der Waals surface area contributed by atoms with E-state index in [9.17, 15) is 4.79 Å². The lowest BCUT2D eigenvalue weighted by Gasteiger charge is -2.09. The minimum Gasteiger partial charge on any atom is -0.476 e. The van der Waals surface area contributed by atoms with Gasteiger partial charge in [-0.2, -0.15) is 0 Å². The van der Waals surface area contributed by atoms with Crippen molar-refractivity contribution < 1.29 is 9.53 Å². The second-order valence-electron chi connectivity index (χ2n) is 5.59. The van der Waals surface area contributed by atoms with E-state index in [1.807, 2.05) is 36.4 Å². The lowest BCUT2D eigenvalue weighted by Crippen LogP contribution is -2.09. The molecule has 2 aliphatic rings. The van der Waals surface area contributed by atoms with E-state index in [2.05, 4.69) is 19.9 Å². The number of carbonyl (C=O) groups excluding carboxylic acids is 1. The van der Waals surface area contributed by atoms with Gasteiger partial charge in [-0.1, -0.05) is 50.2 Å². The molecule has 0 amide bonds. The summed E-state index contributed by atoms with van der Waals surface area (Å²) in [7, 11) is 0. The van der Waals surface area contributed by atoms with Crippen LogP contribution in [-0.4, -0.2) is 5.78 Å². The molecule has 0 unspecified atom stereocenters. The van der Waals surface area contributed by atoms with E-state index in [0.29, 0.717) is 5.92 Å². The Balaban J connectivity index is 1.83. The SMILES string of the molecule is CC(C)c1ccc2c(c1)O[C]1[C]2C(=O)c2ccccc21. The van der Waals surface area contributed by atoms with Gasteiger partial charge in [-0.25, -0.2) is 0 Å². The average molecular weight is 262 g/mol. The summed E-state index contributed by atoms with van der Waals surface area (Å²) < 4.78 is 5.98. The van der Waals surface area contributed by atoms with Crippen molar-refractivity contribution in [3.8, 4) is 5.75 Å². The van der Waals surface area contributed by atoms with Crippen LogP contribution in [0.4, 0.5) is 0 Å². The van der Waals surface area contributed by atoms with E-state index >= 15 is 0 Å². The molecule has 0 atom stereocenters. The highest BCUT2D eigenvalue weighted by Crippen LogP contribution is 2.51. The molecular weight excluding hydrogens is 248 g/mol. The van der Waals surface area contributed by atoms with Gasteiger partial charge in [-0.15, -0.1) is 0 Å². The zero-order chi connectivity index (χ0) is 13.9. The van der Waals surface area contributed by atoms with Crippen molar-refractivity contribution in [2.45, 2.75) is 19.8 Å². The van der Waals surface area contributed by atoms with Crippen molar-refractivity contribution in [3.63, 3.8) is 0 Å². The molecular formula is C18H14O2. The minimum atomic E-state index is 0.0756. The molecule has 0 bridgehead atoms. The van der Waals surface area contributed by atoms with Crippen molar-refractivity contribution in [1.29, 1.82) is 0 Å². The first kappa shape index (κ1) is 11.7. The van der Waals surface area contributed by atoms with Crippen LogP contribution in [0, 0.1) is 12.0 Å². The van der Waals surface area contributed by atoms with Crippen LogP contribution >= 0.6 is 0 Å². The summed E-state index contributed by atoms with van der Waals surface area (Å²) in [5, 5.41) is 0. The van der Waals surface area contributed by atoms with Gasteiger partial charge in [-0.3, -0.25) is 4.79 Å². The zero-order valence-electron chi connectivity index (χ0n) is 11.4. The normalized spacial score (nSPS) is 17.1. The van der Waals surface area contributed by atoms with Crippen LogP contribution in [0.2, 0.25) is 0 Å². The number of ether oxygens (including phenoxy) is 1. The molecule has 0 fully saturated rings. The van der Waals surface area contributed by atoms with E-state index in [-0.39, 0.29) is 5.78 Å². The highest BCUT2D eigenvalue weighted by molar-refractivity contribution is 6.18. The molecule has 0 saturated carbocycles. The molecule has 1 aliphatic carbocycles. The Labute approximate surface area is 118 Å². The molecule has 0 N–H and O–H groups in total. The van der Waals surface area contributed by atoms with Gasteiger partial charge < -0.3 is 4.74 Å². The van der Waals surface area contributed by atoms with Crippen molar-refractivity contribution in [2.75, 3.05) is 0 Å². The number of hydrogen-bond donors (Lipinski definition) is 0. The Morgan fingerprint density at radius 1 is 0.950 bits per heavy atom. The Kier molecular flexibility index (Phi) is 2.31. The Morgan fingerprint density at radius 2 is 1.70 bits per heavy atom. The predicted octanol–water partition coefficient (Wildman–Crippen LogP) is 3.90. The minimum absolute atomic E-state index is 0.0756. The molecule has 0 spiro atoms. The van der Waals surface area contributed by atoms with E-state index in [1.54, 1.807) is 0 Å². The number of rotatable bonds is 1. The van der Waals surface area contributed by atoms with Crippen LogP contribution < -0.4 is 4.74 Å². The van der Waals surface area contributed by atoms with Gasteiger partial charge in [0.25, 0.3) is 0 Å². The Morgan fingerprint density at radius 3 is 2.45 bits per heavy atom. The monoisotopic (exact) mass is 262 g/mol. The summed E-state index contributed by atoms with van der Waals surface area (Å²) in [4.78, 5) is 12.5. The summed E-state index contributed by atoms with van der Waals surface area (Å²) in [5.41, 5.74) is 3.81. The number of ketones is 1. The molecule has 0 aromatic heterocycles. The van der Waals surface area contributed by atoms with Crippen LogP contribution in [0.25, 0.3) is 0 Å². The molecule has 2 nitrogen and oxygen atoms in total. The van der Waals surface area contributed by atoms with Crippen LogP contribution in [0.5, 0.6) is 5.75 Å². The second kappa shape index (κ2) is 3.95. The van der Waals surface area contributed by atoms with Gasteiger partial charge in [0.1, 0.15) is 11.7 Å². The van der Waals surface area contributed by atoms with Crippen molar-refractivity contribution in [3.05, 3.63) is 76.7 Å². The predicted molar refractivity (Wildman–Crippen MR) is 76.6 cm³/mol. The fourth-order valence-corrected chi connectivity index (χ4v) is 2.90. The van der Waals surface area contributed by atoms with Crippen LogP contribution in [-0.2, 0) is 0 Å². The van der Waals surface area contributed by atoms with Crippen molar-refractivity contribution in [1.82, 2.24) is 0 Å². The lowest BCUT2D eigenvalue weighted by atomic mass is 9.92. The van der Waals surface area contributed by atoms with Crippen LogP contribution in [0.1, 0.15) is 46.8 Å². The summed E-state index contributed by atoms with van der Waals surface area (Å²) in [5.74, 6) is 2.05. The van der Waals surface area contributed by atoms with E-state index in [1.165, 1.54) is 5.56 Å². The third-order valence-electron chi connectivity index (χ3n) is 4.02. The number of Topliss-reactive ketones (excluding diaryl/α,β-unsaturated/α-hetero) is 1. The third-order valence-corrected chi connectivity index (χ3v) is 4.02. The number of benzene rings is 2. The summed E-state index contributed by atoms with van der Waals surface area (Å²) in [6.45, 7) is 4.30. The first-order valence-corrected chi connectivity index (χ1v) is 6.87. The molecule has 1 aliphatic heterocycles. The third kappa shape index (κ3) is 1.42. The largest absolute Gasteiger partial charge is 0.476 e. The van der Waals surface area contributed by atoms with Crippen molar-refractivity contribution in [2.24, 2.45) is 0 Å². The zero-order valence-corrected chi connectivity index (χ0v) is 11.4. The summed E-state index contributed by atoms with van der Waals surface area (Å²) in [6, 6.07) is 13.8. The highest BCUT2D eigenvalue weighted by atomic mass is 16.5. The van der Waals surface area contributed by atoms with E-state index in [4.69, 9.17) is 4.74 Å². The van der Waals surface area contributed by atoms with Crippen LogP contribution in [0.15, 0.2) is 42.5 Å². The molecule has 2 aromatic carbocycles. The quantitative estimate of drug-likeness (QED) is 0.779. The van der Waals surface area contributed by atoms with Gasteiger partial charge in [0.05, 0.1) is 0 Å². The number of fused-ring (bicyclic) bond motifs is 5. The van der Waals surface area contributed by atoms with Gasteiger partial charge in [0.15, 0.2) is 11.9 Å². The fourth-order valence-electron chi connectivity index (χ4n) is 2.90. The van der Waals surface area contributed by atoms with Crippen molar-refractivity contribution >= 4 is 5.78 Å². The fraction of sp³-hybridized carbons (Fsp3) is 0.167. The van der Waals surface area contributed by atoms with E-state index in [0.717, 1.165) is 34.5 Å². The lowest BCUT2D eigenvalue weighted by molar-refractivity contribution is 0.102. The Hall–Kier alpha value is -2.09. The standard InChI is InChI=1S/C18H14O2/c1-10(2)11-7-8-14-15(9-11)20-18-13-6-4-3-5-12(13)17(19)16(14)18/h3-10H,1-2H3. The average Bonchev–Trinajstić information content (AvgIpc) is 2.95. The molecule has 4 rings (SSSR count). The maximum absolute atomic E-state index is 12.5. The number of carbonyl (C=O) groups is 1. The molecule has 2 aromatic rings. The Bertz CT molecular complexity index is 715. The van der Waals surface area contributed by atoms with Gasteiger partial charge in [0.2, 0.25) is 0 Å². The highest BCUT2D eigenvalue weighted by Gasteiger charge is 2.49. The summed E-state index contributed by atoms with van der Waals surface area (Å²) in [6.07, 6.45) is 0.724. The molecule has 2 heteroatoms. The molecule has 2 radical (unpaired) electrons.